The molecule has 2 aliphatic rings. The van der Waals surface area contributed by atoms with Crippen molar-refractivity contribution in [3.8, 4) is 5.75 Å². The van der Waals surface area contributed by atoms with Crippen LogP contribution in [-0.4, -0.2) is 93.2 Å². The maximum Gasteiger partial charge on any atom is 0.246 e. The van der Waals surface area contributed by atoms with E-state index in [2.05, 4.69) is 31.6 Å². The Bertz CT molecular complexity index is 2460. The number of hydrogen-bond acceptors (Lipinski definition) is 8. The fourth-order valence-corrected chi connectivity index (χ4v) is 8.52. The van der Waals surface area contributed by atoms with Crippen molar-refractivity contribution in [2.24, 2.45) is 5.73 Å². The summed E-state index contributed by atoms with van der Waals surface area (Å²) < 4.78 is 0. The molecule has 5 aromatic rings. The van der Waals surface area contributed by atoms with Crippen LogP contribution in [0.1, 0.15) is 60.4 Å². The number of amides is 6. The number of nitrogens with two attached hydrogens (primary N) is 1. The number of nitrogens with zero attached hydrogens (tertiary/aromatic N) is 1. The van der Waals surface area contributed by atoms with Crippen molar-refractivity contribution < 1.29 is 33.9 Å². The molecule has 1 fully saturated rings. The molecule has 1 saturated heterocycles. The summed E-state index contributed by atoms with van der Waals surface area (Å²) in [5.41, 5.74) is 10.4. The predicted octanol–water partition coefficient (Wildman–Crippen LogP) is 2.83. The molecule has 6 atom stereocenters. The van der Waals surface area contributed by atoms with Gasteiger partial charge >= 0.3 is 0 Å². The molecule has 0 bridgehead atoms. The number of phenolic OH excluding ortho intramolecular Hbond substituents is 1. The van der Waals surface area contributed by atoms with Crippen molar-refractivity contribution in [3.05, 3.63) is 137 Å². The first-order valence-electron chi connectivity index (χ1n) is 22.0. The van der Waals surface area contributed by atoms with Gasteiger partial charge in [0, 0.05) is 49.3 Å². The number of aromatic nitrogens is 1. The Morgan fingerprint density at radius 2 is 1.16 bits per heavy atom. The molecule has 15 heteroatoms. The number of aromatic hydroxyl groups is 1. The second kappa shape index (κ2) is 20.9. The van der Waals surface area contributed by atoms with Gasteiger partial charge in [0.15, 0.2) is 0 Å². The van der Waals surface area contributed by atoms with E-state index < -0.39 is 71.7 Å². The van der Waals surface area contributed by atoms with E-state index in [-0.39, 0.29) is 50.8 Å². The van der Waals surface area contributed by atoms with Gasteiger partial charge in [0.05, 0.1) is 0 Å². The third-order valence-electron chi connectivity index (χ3n) is 12.1. The normalized spacial score (nSPS) is 22.5. The molecule has 4 aromatic carbocycles. The number of fused-ring (bicyclic) bond motifs is 3. The summed E-state index contributed by atoms with van der Waals surface area (Å²) in [7, 11) is 0. The van der Waals surface area contributed by atoms with Crippen LogP contribution in [0.25, 0.3) is 10.9 Å². The summed E-state index contributed by atoms with van der Waals surface area (Å²) in [6, 6.07) is 23.5. The van der Waals surface area contributed by atoms with Crippen molar-refractivity contribution in [2.75, 3.05) is 6.54 Å². The molecular formula is C49H56N8O7. The van der Waals surface area contributed by atoms with Gasteiger partial charge in [0.1, 0.15) is 42.0 Å². The van der Waals surface area contributed by atoms with Crippen LogP contribution in [0.5, 0.6) is 5.75 Å². The Morgan fingerprint density at radius 3 is 1.89 bits per heavy atom. The summed E-state index contributed by atoms with van der Waals surface area (Å²) in [6.07, 6.45) is 3.35. The number of para-hydroxylation sites is 1. The van der Waals surface area contributed by atoms with Crippen molar-refractivity contribution in [3.63, 3.8) is 0 Å². The molecule has 0 saturated carbocycles. The molecule has 15 nitrogen and oxygen atoms in total. The average molecular weight is 869 g/mol. The topological polar surface area (TPSA) is 228 Å². The largest absolute Gasteiger partial charge is 0.508 e. The van der Waals surface area contributed by atoms with Gasteiger partial charge in [0.2, 0.25) is 35.4 Å². The van der Waals surface area contributed by atoms with Crippen LogP contribution in [0.15, 0.2) is 109 Å². The molecule has 64 heavy (non-hydrogen) atoms. The lowest BCUT2D eigenvalue weighted by molar-refractivity contribution is -0.145. The number of nitrogens with one attached hydrogen (secondary N) is 6. The molecule has 9 N–H and O–H groups in total. The van der Waals surface area contributed by atoms with Gasteiger partial charge in [0.25, 0.3) is 0 Å². The van der Waals surface area contributed by atoms with E-state index in [1.165, 1.54) is 17.0 Å². The maximum absolute atomic E-state index is 15.0. The van der Waals surface area contributed by atoms with Gasteiger partial charge in [-0.2, -0.15) is 0 Å². The third kappa shape index (κ3) is 11.0. The molecule has 2 unspecified atom stereocenters. The van der Waals surface area contributed by atoms with Crippen LogP contribution < -0.4 is 32.3 Å². The molecule has 7 rings (SSSR count). The molecule has 0 radical (unpaired) electrons. The quantitative estimate of drug-likeness (QED) is 0.0920. The zero-order chi connectivity index (χ0) is 45.2. The summed E-state index contributed by atoms with van der Waals surface area (Å²) in [4.78, 5) is 92.3. The van der Waals surface area contributed by atoms with Gasteiger partial charge in [-0.05, 0) is 78.2 Å². The minimum atomic E-state index is -1.27. The highest BCUT2D eigenvalue weighted by Crippen LogP contribution is 2.26. The molecule has 6 amide bonds. The first-order valence-corrected chi connectivity index (χ1v) is 22.0. The van der Waals surface area contributed by atoms with Crippen LogP contribution in [0.2, 0.25) is 0 Å². The number of carbonyl (C=O) groups excluding carboxylic acids is 6. The first kappa shape index (κ1) is 45.0. The lowest BCUT2D eigenvalue weighted by Gasteiger charge is -2.39. The maximum atomic E-state index is 15.0. The predicted molar refractivity (Wildman–Crippen MR) is 241 cm³/mol. The zero-order valence-corrected chi connectivity index (χ0v) is 35.8. The number of unbranched alkanes of at least 4 members (excludes halogenated alkanes) is 1. The van der Waals surface area contributed by atoms with E-state index in [0.717, 1.165) is 33.2 Å². The number of benzene rings is 4. The summed E-state index contributed by atoms with van der Waals surface area (Å²) >= 11 is 0. The molecule has 0 aliphatic carbocycles. The Balaban J connectivity index is 1.31. The van der Waals surface area contributed by atoms with E-state index in [4.69, 9.17) is 5.73 Å². The minimum Gasteiger partial charge on any atom is -0.508 e. The van der Waals surface area contributed by atoms with E-state index in [1.807, 2.05) is 78.9 Å². The van der Waals surface area contributed by atoms with Gasteiger partial charge in [-0.3, -0.25) is 28.8 Å². The van der Waals surface area contributed by atoms with Crippen LogP contribution in [0.4, 0.5) is 0 Å². The molecule has 0 spiro atoms. The van der Waals surface area contributed by atoms with Crippen molar-refractivity contribution in [1.29, 1.82) is 0 Å². The van der Waals surface area contributed by atoms with Crippen molar-refractivity contribution in [1.82, 2.24) is 36.5 Å². The molecule has 2 aliphatic heterocycles. The number of H-pyrrole nitrogens is 1. The van der Waals surface area contributed by atoms with E-state index in [9.17, 15) is 29.1 Å². The van der Waals surface area contributed by atoms with Crippen LogP contribution in [0, 0.1) is 0 Å². The Hall–Kier alpha value is -7.00. The number of carbonyl (C=O) groups is 6. The molecule has 1 aromatic heterocycles. The fraction of sp³-hybridized carbons (Fsp3) is 0.347. The Kier molecular flexibility index (Phi) is 14.7. The van der Waals surface area contributed by atoms with E-state index in [0.29, 0.717) is 24.9 Å². The first-order chi connectivity index (χ1) is 31.0. The monoisotopic (exact) mass is 868 g/mol. The highest BCUT2D eigenvalue weighted by Gasteiger charge is 2.41. The molecule has 334 valence electrons. The highest BCUT2D eigenvalue weighted by atomic mass is 16.3. The van der Waals surface area contributed by atoms with Crippen molar-refractivity contribution in [2.45, 2.75) is 101 Å². The van der Waals surface area contributed by atoms with E-state index >= 15 is 4.79 Å². The number of rotatable bonds is 11. The van der Waals surface area contributed by atoms with Gasteiger partial charge < -0.3 is 47.3 Å². The average Bonchev–Trinajstić information content (AvgIpc) is 3.72. The number of phenols is 1. The van der Waals surface area contributed by atoms with E-state index in [1.54, 1.807) is 25.3 Å². The van der Waals surface area contributed by atoms with Gasteiger partial charge in [-0.1, -0.05) is 91.9 Å². The lowest BCUT2D eigenvalue weighted by atomic mass is 9.91. The second-order valence-electron chi connectivity index (χ2n) is 16.6. The Morgan fingerprint density at radius 1 is 0.594 bits per heavy atom. The van der Waals surface area contributed by atoms with Crippen LogP contribution in [-0.2, 0) is 61.0 Å². The fourth-order valence-electron chi connectivity index (χ4n) is 8.52. The standard InChI is InChI=1S/C49H56N8O7/c1-2-37-44(59)56-42(25-30-12-4-3-5-13-30)49(64)57-29-33-15-7-6-14-32(33)27-43(57)48(63)55-40(24-31-19-21-35(58)22-20-31)46(61)54-41(26-34-28-51-38-17-9-8-16-36(34)38)47(62)53-39(45(60)52-37)18-10-11-23-50/h3-9,12-17,19-22,28,37,39-43,51,58H,2,10-11,18,23-27,29,50H2,1H3,(H,52,60)(H,53,62)(H,54,61)(H,55,63)(H,56,59)/t37?,39-,40-,41+,42-,43?/m0/s1. The minimum absolute atomic E-state index is 0.0138. The summed E-state index contributed by atoms with van der Waals surface area (Å²) in [6.45, 7) is 2.14. The number of aromatic amines is 1. The van der Waals surface area contributed by atoms with Crippen LogP contribution in [0.3, 0.4) is 0 Å². The SMILES string of the molecule is CCC1NC(=O)[C@H](CCCCN)NC(=O)[C@@H](Cc2c[nH]c3ccccc23)NC(=O)[C@H](Cc2ccc(O)cc2)NC(=O)C2Cc3ccccc3CN2C(=O)[C@H](Cc2ccccc2)NC1=O. The highest BCUT2D eigenvalue weighted by molar-refractivity contribution is 5.99. The summed E-state index contributed by atoms with van der Waals surface area (Å²) in [5, 5.41) is 25.4. The lowest BCUT2D eigenvalue weighted by Crippen LogP contribution is -2.63. The molecular weight excluding hydrogens is 813 g/mol. The second-order valence-corrected chi connectivity index (χ2v) is 16.6. The van der Waals surface area contributed by atoms with Gasteiger partial charge in [-0.15, -0.1) is 0 Å². The van der Waals surface area contributed by atoms with Crippen LogP contribution >= 0.6 is 0 Å². The van der Waals surface area contributed by atoms with Gasteiger partial charge in [-0.25, -0.2) is 0 Å². The molecule has 3 heterocycles. The zero-order valence-electron chi connectivity index (χ0n) is 35.8. The summed E-state index contributed by atoms with van der Waals surface area (Å²) in [5.74, 6) is -3.65. The smallest absolute Gasteiger partial charge is 0.246 e. The van der Waals surface area contributed by atoms with Crippen molar-refractivity contribution >= 4 is 46.3 Å². The number of hydrogen-bond donors (Lipinski definition) is 8. The Labute approximate surface area is 371 Å². The third-order valence-corrected chi connectivity index (χ3v) is 12.1.